The van der Waals surface area contributed by atoms with Crippen molar-refractivity contribution in [2.75, 3.05) is 6.54 Å². The van der Waals surface area contributed by atoms with E-state index in [0.717, 1.165) is 25.7 Å². The van der Waals surface area contributed by atoms with Crippen LogP contribution in [-0.4, -0.2) is 41.2 Å². The van der Waals surface area contributed by atoms with Crippen LogP contribution in [0.15, 0.2) is 35.9 Å². The van der Waals surface area contributed by atoms with E-state index in [-0.39, 0.29) is 12.1 Å². The van der Waals surface area contributed by atoms with Crippen molar-refractivity contribution in [1.82, 2.24) is 0 Å². The molecule has 3 heteroatoms. The Morgan fingerprint density at radius 2 is 1.73 bits per heavy atom. The molecule has 3 aliphatic rings. The minimum Gasteiger partial charge on any atom is -0.462 e. The molecule has 1 aromatic carbocycles. The fourth-order valence-corrected chi connectivity index (χ4v) is 7.00. The van der Waals surface area contributed by atoms with E-state index in [1.54, 1.807) is 0 Å². The Balaban J connectivity index is 1.42. The molecule has 30 heavy (non-hydrogen) atoms. The van der Waals surface area contributed by atoms with Gasteiger partial charge in [-0.25, -0.2) is 0 Å². The van der Waals surface area contributed by atoms with Crippen LogP contribution >= 0.6 is 0 Å². The van der Waals surface area contributed by atoms with Gasteiger partial charge in [-0.05, 0) is 57.1 Å². The molecule has 2 unspecified atom stereocenters. The summed E-state index contributed by atoms with van der Waals surface area (Å²) in [6.45, 7) is 8.39. The lowest BCUT2D eigenvalue weighted by Gasteiger charge is -2.52. The lowest BCUT2D eigenvalue weighted by atomic mass is 9.86. The normalized spacial score (nSPS) is 31.3. The predicted molar refractivity (Wildman–Crippen MR) is 123 cm³/mol. The molecular weight excluding hydrogens is 370 g/mol. The maximum Gasteiger partial charge on any atom is 0.310 e. The van der Waals surface area contributed by atoms with Crippen LogP contribution in [0.3, 0.4) is 0 Å². The molecule has 2 saturated heterocycles. The highest BCUT2D eigenvalue weighted by atomic mass is 16.5. The summed E-state index contributed by atoms with van der Waals surface area (Å²) in [4.78, 5) is 12.9. The summed E-state index contributed by atoms with van der Waals surface area (Å²) < 4.78 is 7.40. The Bertz CT molecular complexity index is 752. The van der Waals surface area contributed by atoms with Gasteiger partial charge in [-0.1, -0.05) is 42.8 Å². The lowest BCUT2D eigenvalue weighted by Crippen LogP contribution is -2.65. The molecule has 2 aliphatic heterocycles. The number of quaternary nitrogens is 1. The molecule has 0 radical (unpaired) electrons. The van der Waals surface area contributed by atoms with Gasteiger partial charge in [-0.15, -0.1) is 0 Å². The molecule has 0 aromatic heterocycles. The highest BCUT2D eigenvalue weighted by Gasteiger charge is 2.55. The van der Waals surface area contributed by atoms with Crippen LogP contribution in [0.25, 0.3) is 5.57 Å². The van der Waals surface area contributed by atoms with Gasteiger partial charge in [0.25, 0.3) is 0 Å². The molecule has 0 spiro atoms. The summed E-state index contributed by atoms with van der Waals surface area (Å²) in [6.07, 6.45) is 11.1. The number of benzene rings is 1. The van der Waals surface area contributed by atoms with E-state index in [9.17, 15) is 4.79 Å². The van der Waals surface area contributed by atoms with Crippen LogP contribution in [0.2, 0.25) is 0 Å². The van der Waals surface area contributed by atoms with Gasteiger partial charge in [0.05, 0.1) is 31.1 Å². The van der Waals surface area contributed by atoms with Crippen molar-refractivity contribution in [2.45, 2.75) is 109 Å². The zero-order chi connectivity index (χ0) is 21.1. The number of carbonyl (C=O) groups is 1. The SMILES string of the molecule is CCC[N+]1(C(C)C)[C@@H]2CC[C@H]1CC(OC(=O)CC1=C(c3ccccc3)CCCC1)C2. The third-order valence-electron chi connectivity index (χ3n) is 8.20. The number of nitrogens with zero attached hydrogens (tertiary/aromatic N) is 1. The summed E-state index contributed by atoms with van der Waals surface area (Å²) in [6, 6.07) is 12.6. The van der Waals surface area contributed by atoms with Crippen LogP contribution < -0.4 is 0 Å². The number of carbonyl (C=O) groups excluding carboxylic acids is 1. The van der Waals surface area contributed by atoms with Crippen molar-refractivity contribution in [3.8, 4) is 0 Å². The summed E-state index contributed by atoms with van der Waals surface area (Å²) in [5.74, 6) is 0.00442. The molecule has 4 atom stereocenters. The first-order chi connectivity index (χ1) is 14.5. The summed E-state index contributed by atoms with van der Waals surface area (Å²) in [7, 11) is 0. The first-order valence-electron chi connectivity index (χ1n) is 12.4. The Morgan fingerprint density at radius 3 is 2.37 bits per heavy atom. The van der Waals surface area contributed by atoms with Gasteiger partial charge in [-0.2, -0.15) is 0 Å². The largest absolute Gasteiger partial charge is 0.462 e. The minimum absolute atomic E-state index is 0.00442. The maximum atomic E-state index is 12.9. The number of ether oxygens (including phenoxy) is 1. The van der Waals surface area contributed by atoms with E-state index >= 15 is 0 Å². The summed E-state index contributed by atoms with van der Waals surface area (Å²) in [5.41, 5.74) is 3.99. The molecule has 2 fully saturated rings. The van der Waals surface area contributed by atoms with E-state index in [2.05, 4.69) is 51.1 Å². The van der Waals surface area contributed by atoms with Gasteiger partial charge in [0.2, 0.25) is 0 Å². The summed E-state index contributed by atoms with van der Waals surface area (Å²) >= 11 is 0. The Morgan fingerprint density at radius 1 is 1.07 bits per heavy atom. The van der Waals surface area contributed by atoms with Crippen LogP contribution in [0, 0.1) is 0 Å². The highest BCUT2D eigenvalue weighted by molar-refractivity contribution is 5.79. The van der Waals surface area contributed by atoms with E-state index in [1.807, 2.05) is 0 Å². The van der Waals surface area contributed by atoms with Crippen molar-refractivity contribution < 1.29 is 14.0 Å². The molecule has 1 aliphatic carbocycles. The molecule has 0 saturated carbocycles. The second kappa shape index (κ2) is 9.26. The average Bonchev–Trinajstić information content (AvgIpc) is 2.93. The van der Waals surface area contributed by atoms with Crippen LogP contribution in [0.1, 0.15) is 90.5 Å². The fraction of sp³-hybridized carbons (Fsp3) is 0.667. The fourth-order valence-electron chi connectivity index (χ4n) is 7.00. The van der Waals surface area contributed by atoms with Gasteiger partial charge in [0, 0.05) is 25.7 Å². The van der Waals surface area contributed by atoms with Crippen molar-refractivity contribution in [2.24, 2.45) is 0 Å². The third-order valence-corrected chi connectivity index (χ3v) is 8.20. The zero-order valence-electron chi connectivity index (χ0n) is 19.2. The van der Waals surface area contributed by atoms with E-state index in [4.69, 9.17) is 4.74 Å². The molecule has 0 amide bonds. The number of piperidine rings is 1. The standard InChI is InChI=1S/C27H40NO2/c1-4-16-28(20(2)3)23-14-15-24(28)19-25(18-23)30-27(29)17-22-12-8-9-13-26(22)21-10-6-5-7-11-21/h5-7,10-11,20,23-25H,4,8-9,12-19H2,1-3H3/q+1/t23-,24+,25?,28?. The number of hydrogen-bond donors (Lipinski definition) is 0. The van der Waals surface area contributed by atoms with Crippen LogP contribution in [0.5, 0.6) is 0 Å². The maximum absolute atomic E-state index is 12.9. The van der Waals surface area contributed by atoms with Gasteiger partial charge < -0.3 is 9.22 Å². The van der Waals surface area contributed by atoms with E-state index in [0.29, 0.717) is 24.5 Å². The smallest absolute Gasteiger partial charge is 0.310 e. The summed E-state index contributed by atoms with van der Waals surface area (Å²) in [5, 5.41) is 0. The molecule has 2 heterocycles. The number of fused-ring (bicyclic) bond motifs is 2. The quantitative estimate of drug-likeness (QED) is 0.391. The van der Waals surface area contributed by atoms with Gasteiger partial charge in [0.15, 0.2) is 0 Å². The molecule has 2 bridgehead atoms. The number of allylic oxidation sites excluding steroid dienone is 1. The Labute approximate surface area is 183 Å². The van der Waals surface area contributed by atoms with Crippen molar-refractivity contribution in [1.29, 1.82) is 0 Å². The van der Waals surface area contributed by atoms with Gasteiger partial charge >= 0.3 is 5.97 Å². The number of hydrogen-bond acceptors (Lipinski definition) is 2. The van der Waals surface area contributed by atoms with Crippen LogP contribution in [-0.2, 0) is 9.53 Å². The topological polar surface area (TPSA) is 26.3 Å². The predicted octanol–water partition coefficient (Wildman–Crippen LogP) is 6.28. The minimum atomic E-state index is 0.00442. The monoisotopic (exact) mass is 410 g/mol. The first-order valence-corrected chi connectivity index (χ1v) is 12.4. The second-order valence-electron chi connectivity index (χ2n) is 10.1. The first kappa shape index (κ1) is 21.6. The van der Waals surface area contributed by atoms with Crippen molar-refractivity contribution in [3.05, 3.63) is 41.5 Å². The molecule has 1 aromatic rings. The molecule has 0 N–H and O–H groups in total. The Kier molecular flexibility index (Phi) is 6.67. The molecule has 4 rings (SSSR count). The van der Waals surface area contributed by atoms with E-state index in [1.165, 1.54) is 59.8 Å². The number of esters is 1. The third kappa shape index (κ3) is 4.10. The van der Waals surface area contributed by atoms with Gasteiger partial charge in [-0.3, -0.25) is 4.79 Å². The lowest BCUT2D eigenvalue weighted by molar-refractivity contribution is -0.985. The molecular formula is C27H40NO2+. The molecule has 164 valence electrons. The second-order valence-corrected chi connectivity index (χ2v) is 10.1. The Hall–Kier alpha value is -1.61. The average molecular weight is 411 g/mol. The molecule has 3 nitrogen and oxygen atoms in total. The van der Waals surface area contributed by atoms with Crippen molar-refractivity contribution in [3.63, 3.8) is 0 Å². The number of rotatable bonds is 7. The highest BCUT2D eigenvalue weighted by Crippen LogP contribution is 2.46. The van der Waals surface area contributed by atoms with E-state index < -0.39 is 0 Å². The van der Waals surface area contributed by atoms with Gasteiger partial charge in [0.1, 0.15) is 6.10 Å². The zero-order valence-corrected chi connectivity index (χ0v) is 19.2. The van der Waals surface area contributed by atoms with Crippen molar-refractivity contribution >= 4 is 11.5 Å². The van der Waals surface area contributed by atoms with Crippen LogP contribution in [0.4, 0.5) is 0 Å².